The maximum Gasteiger partial charge on any atom is 0.129 e. The summed E-state index contributed by atoms with van der Waals surface area (Å²) < 4.78 is 15.4. The molecular formula is C20H22N4O2. The van der Waals surface area contributed by atoms with Gasteiger partial charge in [-0.05, 0) is 32.0 Å². The molecule has 0 aliphatic heterocycles. The Kier molecular flexibility index (Phi) is 3.64. The molecule has 0 aliphatic carbocycles. The molecule has 2 heterocycles. The van der Waals surface area contributed by atoms with Crippen LogP contribution in [-0.2, 0) is 14.1 Å². The SMILES string of the molecule is COc1cc(-c2c(OC)ccc3c2nc(C)n3C)c2nc(C)n(C)c2c1. The van der Waals surface area contributed by atoms with Crippen LogP contribution in [-0.4, -0.2) is 33.3 Å². The Morgan fingerprint density at radius 2 is 1.46 bits per heavy atom. The van der Waals surface area contributed by atoms with Gasteiger partial charge in [0.25, 0.3) is 0 Å². The molecule has 0 bridgehead atoms. The van der Waals surface area contributed by atoms with Crippen LogP contribution in [0.3, 0.4) is 0 Å². The Balaban J connectivity index is 2.19. The van der Waals surface area contributed by atoms with Gasteiger partial charge in [0.2, 0.25) is 0 Å². The Bertz CT molecular complexity index is 1150. The van der Waals surface area contributed by atoms with Crippen molar-refractivity contribution in [3.05, 3.63) is 35.9 Å². The van der Waals surface area contributed by atoms with Gasteiger partial charge in [-0.25, -0.2) is 9.97 Å². The lowest BCUT2D eigenvalue weighted by Crippen LogP contribution is -1.94. The van der Waals surface area contributed by atoms with Crippen molar-refractivity contribution in [2.24, 2.45) is 14.1 Å². The molecule has 0 atom stereocenters. The summed E-state index contributed by atoms with van der Waals surface area (Å²) >= 11 is 0. The topological polar surface area (TPSA) is 54.1 Å². The lowest BCUT2D eigenvalue weighted by molar-refractivity contribution is 0.414. The van der Waals surface area contributed by atoms with E-state index in [1.165, 1.54) is 0 Å². The first-order valence-electron chi connectivity index (χ1n) is 8.47. The fourth-order valence-electron chi connectivity index (χ4n) is 3.47. The van der Waals surface area contributed by atoms with E-state index in [4.69, 9.17) is 19.4 Å². The second kappa shape index (κ2) is 5.76. The van der Waals surface area contributed by atoms with Crippen molar-refractivity contribution in [2.75, 3.05) is 14.2 Å². The third kappa shape index (κ3) is 2.18. The molecule has 0 N–H and O–H groups in total. The van der Waals surface area contributed by atoms with Gasteiger partial charge in [0.15, 0.2) is 0 Å². The molecule has 6 heteroatoms. The van der Waals surface area contributed by atoms with Gasteiger partial charge < -0.3 is 18.6 Å². The summed E-state index contributed by atoms with van der Waals surface area (Å²) in [5.41, 5.74) is 5.80. The van der Waals surface area contributed by atoms with Crippen LogP contribution >= 0.6 is 0 Å². The molecule has 0 fully saturated rings. The zero-order chi connectivity index (χ0) is 18.6. The Morgan fingerprint density at radius 1 is 0.808 bits per heavy atom. The fraction of sp³-hybridized carbons (Fsp3) is 0.300. The van der Waals surface area contributed by atoms with Crippen molar-refractivity contribution in [2.45, 2.75) is 13.8 Å². The number of aryl methyl sites for hydroxylation is 4. The number of methoxy groups -OCH3 is 2. The van der Waals surface area contributed by atoms with Crippen molar-refractivity contribution in [3.63, 3.8) is 0 Å². The lowest BCUT2D eigenvalue weighted by Gasteiger charge is -2.12. The number of hydrogen-bond donors (Lipinski definition) is 0. The molecule has 2 aromatic carbocycles. The first-order chi connectivity index (χ1) is 12.5. The highest BCUT2D eigenvalue weighted by molar-refractivity contribution is 6.04. The van der Waals surface area contributed by atoms with Gasteiger partial charge in [0, 0.05) is 25.7 Å². The summed E-state index contributed by atoms with van der Waals surface area (Å²) in [4.78, 5) is 9.59. The predicted molar refractivity (Wildman–Crippen MR) is 103 cm³/mol. The summed E-state index contributed by atoms with van der Waals surface area (Å²) in [5.74, 6) is 3.44. The summed E-state index contributed by atoms with van der Waals surface area (Å²) in [6, 6.07) is 8.05. The Morgan fingerprint density at radius 3 is 2.12 bits per heavy atom. The first-order valence-corrected chi connectivity index (χ1v) is 8.47. The quantitative estimate of drug-likeness (QED) is 0.564. The van der Waals surface area contributed by atoms with Crippen molar-refractivity contribution in [1.29, 1.82) is 0 Å². The monoisotopic (exact) mass is 350 g/mol. The van der Waals surface area contributed by atoms with Crippen molar-refractivity contribution in [1.82, 2.24) is 19.1 Å². The minimum absolute atomic E-state index is 0.772. The minimum Gasteiger partial charge on any atom is -0.497 e. The number of ether oxygens (including phenoxy) is 2. The van der Waals surface area contributed by atoms with Crippen LogP contribution in [0.4, 0.5) is 0 Å². The molecule has 0 unspecified atom stereocenters. The highest BCUT2D eigenvalue weighted by Crippen LogP contribution is 2.41. The average molecular weight is 350 g/mol. The predicted octanol–water partition coefficient (Wildman–Crippen LogP) is 3.76. The summed E-state index contributed by atoms with van der Waals surface area (Å²) in [7, 11) is 7.39. The van der Waals surface area contributed by atoms with E-state index in [1.807, 2.05) is 52.2 Å². The van der Waals surface area contributed by atoms with E-state index in [2.05, 4.69) is 9.13 Å². The van der Waals surface area contributed by atoms with Gasteiger partial charge in [-0.3, -0.25) is 0 Å². The van der Waals surface area contributed by atoms with E-state index in [0.29, 0.717) is 0 Å². The molecule has 134 valence electrons. The average Bonchev–Trinajstić information content (AvgIpc) is 3.10. The number of fused-ring (bicyclic) bond motifs is 2. The summed E-state index contributed by atoms with van der Waals surface area (Å²) in [5, 5.41) is 0. The van der Waals surface area contributed by atoms with Crippen LogP contribution in [0.1, 0.15) is 11.6 Å². The van der Waals surface area contributed by atoms with Crippen molar-refractivity contribution < 1.29 is 9.47 Å². The maximum atomic E-state index is 5.69. The maximum absolute atomic E-state index is 5.69. The highest BCUT2D eigenvalue weighted by atomic mass is 16.5. The molecule has 0 radical (unpaired) electrons. The van der Waals surface area contributed by atoms with E-state index in [9.17, 15) is 0 Å². The van der Waals surface area contributed by atoms with Crippen LogP contribution in [0.25, 0.3) is 33.2 Å². The number of rotatable bonds is 3. The van der Waals surface area contributed by atoms with E-state index in [1.54, 1.807) is 14.2 Å². The van der Waals surface area contributed by atoms with E-state index in [0.717, 1.165) is 56.3 Å². The molecule has 0 saturated heterocycles. The van der Waals surface area contributed by atoms with E-state index >= 15 is 0 Å². The summed E-state index contributed by atoms with van der Waals surface area (Å²) in [6.45, 7) is 4.00. The standard InChI is InChI=1S/C20H22N4O2/c1-11-21-19-14(9-13(25-5)10-16(19)24(11)4)18-17(26-6)8-7-15-20(18)22-12(2)23(15)3/h7-10H,1-6H3. The van der Waals surface area contributed by atoms with Crippen LogP contribution in [0.2, 0.25) is 0 Å². The molecule has 0 spiro atoms. The normalized spacial score (nSPS) is 11.5. The molecular weight excluding hydrogens is 328 g/mol. The highest BCUT2D eigenvalue weighted by Gasteiger charge is 2.21. The van der Waals surface area contributed by atoms with Gasteiger partial charge in [0.05, 0.1) is 36.3 Å². The number of benzene rings is 2. The first kappa shape index (κ1) is 16.4. The lowest BCUT2D eigenvalue weighted by atomic mass is 10.0. The summed E-state index contributed by atoms with van der Waals surface area (Å²) in [6.07, 6.45) is 0. The largest absolute Gasteiger partial charge is 0.497 e. The van der Waals surface area contributed by atoms with Crippen LogP contribution in [0, 0.1) is 13.8 Å². The Hall–Kier alpha value is -3.02. The van der Waals surface area contributed by atoms with Gasteiger partial charge >= 0.3 is 0 Å². The minimum atomic E-state index is 0.772. The smallest absolute Gasteiger partial charge is 0.129 e. The molecule has 2 aromatic heterocycles. The van der Waals surface area contributed by atoms with E-state index < -0.39 is 0 Å². The second-order valence-corrected chi connectivity index (χ2v) is 6.49. The third-order valence-electron chi connectivity index (χ3n) is 5.15. The number of hydrogen-bond acceptors (Lipinski definition) is 4. The molecule has 0 aliphatic rings. The van der Waals surface area contributed by atoms with Crippen LogP contribution < -0.4 is 9.47 Å². The second-order valence-electron chi connectivity index (χ2n) is 6.49. The van der Waals surface area contributed by atoms with Crippen LogP contribution in [0.15, 0.2) is 24.3 Å². The number of imidazole rings is 2. The van der Waals surface area contributed by atoms with Gasteiger partial charge in [-0.1, -0.05) is 0 Å². The molecule has 0 saturated carbocycles. The molecule has 4 rings (SSSR count). The number of nitrogens with zero attached hydrogens (tertiary/aromatic N) is 4. The third-order valence-corrected chi connectivity index (χ3v) is 5.15. The van der Waals surface area contributed by atoms with Crippen LogP contribution in [0.5, 0.6) is 11.5 Å². The Labute approximate surface area is 152 Å². The van der Waals surface area contributed by atoms with Crippen molar-refractivity contribution >= 4 is 22.1 Å². The zero-order valence-corrected chi connectivity index (χ0v) is 15.9. The zero-order valence-electron chi connectivity index (χ0n) is 15.9. The molecule has 4 aromatic rings. The fourth-order valence-corrected chi connectivity index (χ4v) is 3.47. The van der Waals surface area contributed by atoms with Gasteiger partial charge in [-0.2, -0.15) is 0 Å². The number of aromatic nitrogens is 4. The molecule has 0 amide bonds. The van der Waals surface area contributed by atoms with Gasteiger partial charge in [0.1, 0.15) is 28.7 Å². The molecule has 26 heavy (non-hydrogen) atoms. The van der Waals surface area contributed by atoms with Gasteiger partial charge in [-0.15, -0.1) is 0 Å². The van der Waals surface area contributed by atoms with Crippen molar-refractivity contribution in [3.8, 4) is 22.6 Å². The van der Waals surface area contributed by atoms with E-state index in [-0.39, 0.29) is 0 Å². The molecule has 6 nitrogen and oxygen atoms in total.